The first-order valence-electron chi connectivity index (χ1n) is 15.7. The molecule has 0 saturated heterocycles. The summed E-state index contributed by atoms with van der Waals surface area (Å²) in [6, 6.07) is 0. The SMILES string of the molecule is CC1=CC2C(CC3CCCC3C2C2CCCC3CCCCC32)C1[Si](C)(C)C1C(C)=C(C)C(C)=C1C. The van der Waals surface area contributed by atoms with Gasteiger partial charge in [0.05, 0.1) is 8.07 Å². The molecule has 9 atom stereocenters. The van der Waals surface area contributed by atoms with Crippen molar-refractivity contribution in [3.8, 4) is 0 Å². The monoisotopic (exact) mass is 490 g/mol. The van der Waals surface area contributed by atoms with Gasteiger partial charge in [0.1, 0.15) is 0 Å². The minimum atomic E-state index is -1.56. The lowest BCUT2D eigenvalue weighted by molar-refractivity contribution is -0.0244. The maximum atomic E-state index is 2.93. The van der Waals surface area contributed by atoms with Gasteiger partial charge in [-0.15, -0.1) is 0 Å². The van der Waals surface area contributed by atoms with Crippen LogP contribution in [0.2, 0.25) is 24.2 Å². The molecule has 0 N–H and O–H groups in total. The molecule has 0 heterocycles. The Hall–Kier alpha value is -0.563. The first kappa shape index (κ1) is 24.8. The van der Waals surface area contributed by atoms with Crippen molar-refractivity contribution in [1.29, 1.82) is 0 Å². The Balaban J connectivity index is 1.36. The van der Waals surface area contributed by atoms with Crippen molar-refractivity contribution in [3.63, 3.8) is 0 Å². The normalized spacial score (nSPS) is 44.4. The van der Waals surface area contributed by atoms with E-state index >= 15 is 0 Å². The fourth-order valence-corrected chi connectivity index (χ4v) is 17.9. The molecule has 4 fully saturated rings. The highest BCUT2D eigenvalue weighted by atomic mass is 28.3. The fourth-order valence-electron chi connectivity index (χ4n) is 12.1. The number of allylic oxidation sites excluding steroid dienone is 6. The highest BCUT2D eigenvalue weighted by molar-refractivity contribution is 6.82. The van der Waals surface area contributed by atoms with Gasteiger partial charge in [0.2, 0.25) is 0 Å². The molecule has 6 aliphatic carbocycles. The lowest BCUT2D eigenvalue weighted by Gasteiger charge is -2.54. The van der Waals surface area contributed by atoms with Crippen molar-refractivity contribution < 1.29 is 0 Å². The van der Waals surface area contributed by atoms with Gasteiger partial charge in [0.25, 0.3) is 0 Å². The first-order valence-corrected chi connectivity index (χ1v) is 18.9. The molecule has 6 aliphatic rings. The van der Waals surface area contributed by atoms with Crippen LogP contribution < -0.4 is 0 Å². The van der Waals surface area contributed by atoms with E-state index in [0.717, 1.165) is 58.4 Å². The Morgan fingerprint density at radius 3 is 1.91 bits per heavy atom. The van der Waals surface area contributed by atoms with E-state index in [9.17, 15) is 0 Å². The van der Waals surface area contributed by atoms with Gasteiger partial charge in [-0.3, -0.25) is 0 Å². The van der Waals surface area contributed by atoms with Crippen LogP contribution in [0.4, 0.5) is 0 Å². The van der Waals surface area contributed by atoms with Crippen LogP contribution in [0.15, 0.2) is 33.9 Å². The van der Waals surface area contributed by atoms with E-state index in [1.54, 1.807) is 67.2 Å². The van der Waals surface area contributed by atoms with Crippen LogP contribution >= 0.6 is 0 Å². The molecular weight excluding hydrogens is 436 g/mol. The molecule has 194 valence electrons. The molecule has 0 nitrogen and oxygen atoms in total. The van der Waals surface area contributed by atoms with E-state index in [1.807, 2.05) is 5.57 Å². The lowest BCUT2D eigenvalue weighted by atomic mass is 9.53. The Morgan fingerprint density at radius 2 is 1.20 bits per heavy atom. The molecule has 9 unspecified atom stereocenters. The summed E-state index contributed by atoms with van der Waals surface area (Å²) in [7, 11) is -1.56. The number of rotatable bonds is 3. The van der Waals surface area contributed by atoms with E-state index in [0.29, 0.717) is 0 Å². The second kappa shape index (κ2) is 9.02. The molecule has 0 aromatic rings. The van der Waals surface area contributed by atoms with Crippen molar-refractivity contribution in [3.05, 3.63) is 33.9 Å². The summed E-state index contributed by atoms with van der Waals surface area (Å²) < 4.78 is 0. The molecule has 0 spiro atoms. The third-order valence-electron chi connectivity index (χ3n) is 13.4. The van der Waals surface area contributed by atoms with Gasteiger partial charge in [-0.2, -0.15) is 0 Å². The third-order valence-corrected chi connectivity index (χ3v) is 18.2. The minimum absolute atomic E-state index is 0.770. The number of hydrogen-bond donors (Lipinski definition) is 0. The minimum Gasteiger partial charge on any atom is -0.0819 e. The van der Waals surface area contributed by atoms with Gasteiger partial charge < -0.3 is 0 Å². The third kappa shape index (κ3) is 3.71. The van der Waals surface area contributed by atoms with E-state index in [1.165, 1.54) is 25.7 Å². The molecular formula is C34H54Si. The van der Waals surface area contributed by atoms with Gasteiger partial charge in [0, 0.05) is 0 Å². The molecule has 0 radical (unpaired) electrons. The van der Waals surface area contributed by atoms with Gasteiger partial charge in [-0.1, -0.05) is 80.8 Å². The first-order chi connectivity index (χ1) is 16.7. The van der Waals surface area contributed by atoms with Crippen LogP contribution in [0.25, 0.3) is 0 Å². The lowest BCUT2D eigenvalue weighted by Crippen LogP contribution is -2.49. The Kier molecular flexibility index (Phi) is 6.38. The van der Waals surface area contributed by atoms with Gasteiger partial charge in [0.15, 0.2) is 0 Å². The van der Waals surface area contributed by atoms with Crippen LogP contribution in [0.3, 0.4) is 0 Å². The quantitative estimate of drug-likeness (QED) is 0.272. The van der Waals surface area contributed by atoms with E-state index in [4.69, 9.17) is 0 Å². The maximum absolute atomic E-state index is 2.93. The van der Waals surface area contributed by atoms with E-state index < -0.39 is 8.07 Å². The highest BCUT2D eigenvalue weighted by Gasteiger charge is 2.58. The van der Waals surface area contributed by atoms with Gasteiger partial charge in [-0.05, 0) is 130 Å². The molecule has 1 heteroatoms. The van der Waals surface area contributed by atoms with Crippen molar-refractivity contribution in [1.82, 2.24) is 0 Å². The fraction of sp³-hybridized carbons (Fsp3) is 0.824. The van der Waals surface area contributed by atoms with Crippen molar-refractivity contribution in [2.45, 2.75) is 129 Å². The second-order valence-corrected chi connectivity index (χ2v) is 19.8. The van der Waals surface area contributed by atoms with E-state index in [-0.39, 0.29) is 0 Å². The van der Waals surface area contributed by atoms with Crippen LogP contribution in [-0.4, -0.2) is 8.07 Å². The zero-order valence-electron chi connectivity index (χ0n) is 24.1. The molecule has 0 bridgehead atoms. The Morgan fingerprint density at radius 1 is 0.629 bits per heavy atom. The summed E-state index contributed by atoms with van der Waals surface area (Å²) >= 11 is 0. The summed E-state index contributed by atoms with van der Waals surface area (Å²) in [6.07, 6.45) is 20.0. The smallest absolute Gasteiger partial charge is 0.0669 e. The summed E-state index contributed by atoms with van der Waals surface area (Å²) in [6.45, 7) is 18.0. The molecule has 6 rings (SSSR count). The Labute approximate surface area is 218 Å². The molecule has 0 amide bonds. The van der Waals surface area contributed by atoms with Crippen molar-refractivity contribution in [2.75, 3.05) is 0 Å². The van der Waals surface area contributed by atoms with Crippen molar-refractivity contribution >= 4 is 8.07 Å². The summed E-state index contributed by atoms with van der Waals surface area (Å²) in [5, 5.41) is 0. The average molecular weight is 491 g/mol. The number of fused-ring (bicyclic) bond motifs is 3. The van der Waals surface area contributed by atoms with E-state index in [2.05, 4.69) is 53.8 Å². The summed E-state index contributed by atoms with van der Waals surface area (Å²) in [5.74, 6) is 8.24. The topological polar surface area (TPSA) is 0 Å². The zero-order valence-corrected chi connectivity index (χ0v) is 25.1. The average Bonchev–Trinajstić information content (AvgIpc) is 3.49. The van der Waals surface area contributed by atoms with Crippen LogP contribution in [0.5, 0.6) is 0 Å². The highest BCUT2D eigenvalue weighted by Crippen LogP contribution is 2.66. The standard InChI is InChI=1S/C34H54Si/c1-20-18-30-31(33(20)35(6,7)34-23(4)21(2)22(3)24(34)5)19-26-14-11-16-28(26)32(30)29-17-10-13-25-12-8-9-15-27(25)29/h18,25-34H,8-17,19H2,1-7H3. The molecule has 0 aromatic heterocycles. The largest absolute Gasteiger partial charge is 0.0819 e. The molecule has 0 aromatic carbocycles. The van der Waals surface area contributed by atoms with Crippen molar-refractivity contribution in [2.24, 2.45) is 47.3 Å². The molecule has 35 heavy (non-hydrogen) atoms. The zero-order chi connectivity index (χ0) is 24.6. The maximum Gasteiger partial charge on any atom is 0.0669 e. The molecule has 4 saturated carbocycles. The van der Waals surface area contributed by atoms with Crippen LogP contribution in [0.1, 0.15) is 105 Å². The number of hydrogen-bond acceptors (Lipinski definition) is 0. The summed E-state index contributed by atoms with van der Waals surface area (Å²) in [5.41, 5.74) is 10.2. The van der Waals surface area contributed by atoms with Gasteiger partial charge >= 0.3 is 0 Å². The Bertz CT molecular complexity index is 920. The summed E-state index contributed by atoms with van der Waals surface area (Å²) in [4.78, 5) is 0. The second-order valence-electron chi connectivity index (χ2n) is 15.0. The predicted octanol–water partition coefficient (Wildman–Crippen LogP) is 10.4. The van der Waals surface area contributed by atoms with Crippen LogP contribution in [0, 0.1) is 47.3 Å². The molecule has 0 aliphatic heterocycles. The predicted molar refractivity (Wildman–Crippen MR) is 154 cm³/mol. The van der Waals surface area contributed by atoms with Crippen LogP contribution in [-0.2, 0) is 0 Å². The van der Waals surface area contributed by atoms with Gasteiger partial charge in [-0.25, -0.2) is 0 Å².